The molecule has 0 aliphatic carbocycles. The summed E-state index contributed by atoms with van der Waals surface area (Å²) in [5.41, 5.74) is 0.822. The number of anilines is 1. The minimum Gasteiger partial charge on any atom is -0.365 e. The summed E-state index contributed by atoms with van der Waals surface area (Å²) in [6.07, 6.45) is 0. The molecule has 6 heteroatoms. The number of hydrogen-bond donors (Lipinski definition) is 1. The minimum atomic E-state index is -0.527. The molecule has 4 nitrogen and oxygen atoms in total. The summed E-state index contributed by atoms with van der Waals surface area (Å²) in [5, 5.41) is 2.35. The van der Waals surface area contributed by atoms with Crippen LogP contribution >= 0.6 is 27.7 Å². The van der Waals surface area contributed by atoms with E-state index in [1.807, 2.05) is 38.1 Å². The molecule has 0 bridgehead atoms. The Bertz CT molecular complexity index is 475. The van der Waals surface area contributed by atoms with Crippen LogP contribution in [0.25, 0.3) is 0 Å². The Labute approximate surface area is 118 Å². The van der Waals surface area contributed by atoms with Crippen LogP contribution in [0, 0.1) is 0 Å². The van der Waals surface area contributed by atoms with Crippen molar-refractivity contribution in [2.45, 2.75) is 25.3 Å². The van der Waals surface area contributed by atoms with Crippen LogP contribution in [0.5, 0.6) is 0 Å². The largest absolute Gasteiger partial charge is 0.365 e. The molecular weight excluding hydrogens is 316 g/mol. The highest BCUT2D eigenvalue weighted by Crippen LogP contribution is 2.29. The van der Waals surface area contributed by atoms with E-state index in [1.54, 1.807) is 0 Å². The first-order chi connectivity index (χ1) is 8.49. The number of carbonyl (C=O) groups excluding carboxylic acids is 2. The van der Waals surface area contributed by atoms with Gasteiger partial charge in [-0.05, 0) is 49.9 Å². The van der Waals surface area contributed by atoms with E-state index < -0.39 is 5.37 Å². The highest BCUT2D eigenvalue weighted by molar-refractivity contribution is 9.10. The van der Waals surface area contributed by atoms with Crippen molar-refractivity contribution in [3.8, 4) is 0 Å². The van der Waals surface area contributed by atoms with Crippen LogP contribution in [-0.2, 0) is 4.79 Å². The van der Waals surface area contributed by atoms with E-state index in [1.165, 1.54) is 4.90 Å². The minimum absolute atomic E-state index is 0.103. The molecule has 0 spiro atoms. The first-order valence-electron chi connectivity index (χ1n) is 5.55. The van der Waals surface area contributed by atoms with Crippen LogP contribution in [0.15, 0.2) is 28.7 Å². The molecule has 1 saturated heterocycles. The van der Waals surface area contributed by atoms with Gasteiger partial charge in [0.2, 0.25) is 0 Å². The number of nitrogens with zero attached hydrogens (tertiary/aromatic N) is 1. The molecule has 1 heterocycles. The molecule has 0 saturated carbocycles. The maximum atomic E-state index is 12.0. The molecule has 1 aliphatic rings. The zero-order valence-electron chi connectivity index (χ0n) is 10.0. The number of halogens is 1. The number of hydrogen-bond acceptors (Lipinski definition) is 4. The summed E-state index contributed by atoms with van der Waals surface area (Å²) < 4.78 is 0.971. The molecule has 2 amide bonds. The van der Waals surface area contributed by atoms with E-state index in [0.717, 1.165) is 21.9 Å². The second-order valence-corrected chi connectivity index (χ2v) is 6.19. The van der Waals surface area contributed by atoms with Gasteiger partial charge in [0.1, 0.15) is 0 Å². The second-order valence-electron chi connectivity index (χ2n) is 4.22. The summed E-state index contributed by atoms with van der Waals surface area (Å²) in [6, 6.07) is 7.39. The Morgan fingerprint density at radius 3 is 2.39 bits per heavy atom. The Morgan fingerprint density at radius 2 is 1.89 bits per heavy atom. The number of rotatable bonds is 3. The Hall–Kier alpha value is -1.01. The van der Waals surface area contributed by atoms with Gasteiger partial charge >= 0.3 is 0 Å². The van der Waals surface area contributed by atoms with Gasteiger partial charge in [0.15, 0.2) is 5.37 Å². The van der Waals surface area contributed by atoms with Gasteiger partial charge in [-0.1, -0.05) is 15.9 Å². The van der Waals surface area contributed by atoms with Crippen LogP contribution in [0.2, 0.25) is 0 Å². The fourth-order valence-electron chi connectivity index (χ4n) is 1.68. The zero-order chi connectivity index (χ0) is 13.3. The molecule has 1 N–H and O–H groups in total. The smallest absolute Gasteiger partial charge is 0.291 e. The first kappa shape index (κ1) is 13.4. The lowest BCUT2D eigenvalue weighted by atomic mass is 10.3. The van der Waals surface area contributed by atoms with Crippen molar-refractivity contribution in [3.05, 3.63) is 28.7 Å². The van der Waals surface area contributed by atoms with Crippen LogP contribution in [0.4, 0.5) is 10.5 Å². The van der Waals surface area contributed by atoms with Gasteiger partial charge in [0, 0.05) is 16.2 Å². The van der Waals surface area contributed by atoms with Crippen molar-refractivity contribution in [1.82, 2.24) is 4.90 Å². The third-order valence-electron chi connectivity index (χ3n) is 2.54. The molecule has 2 rings (SSSR count). The fourth-order valence-corrected chi connectivity index (χ4v) is 2.97. The van der Waals surface area contributed by atoms with Gasteiger partial charge in [0.25, 0.3) is 11.1 Å². The number of amides is 2. The lowest BCUT2D eigenvalue weighted by Gasteiger charge is -2.18. The van der Waals surface area contributed by atoms with Gasteiger partial charge < -0.3 is 5.32 Å². The number of thioether (sulfide) groups is 1. The van der Waals surface area contributed by atoms with Crippen molar-refractivity contribution < 1.29 is 9.59 Å². The molecule has 1 atom stereocenters. The summed E-state index contributed by atoms with van der Waals surface area (Å²) in [6.45, 7) is 3.66. The third kappa shape index (κ3) is 2.70. The van der Waals surface area contributed by atoms with Gasteiger partial charge in [-0.25, -0.2) is 0 Å². The van der Waals surface area contributed by atoms with E-state index in [-0.39, 0.29) is 17.2 Å². The van der Waals surface area contributed by atoms with E-state index in [4.69, 9.17) is 0 Å². The molecule has 0 unspecified atom stereocenters. The average Bonchev–Trinajstić information content (AvgIpc) is 2.57. The Kier molecular flexibility index (Phi) is 3.97. The summed E-state index contributed by atoms with van der Waals surface area (Å²) in [4.78, 5) is 25.0. The van der Waals surface area contributed by atoms with Crippen LogP contribution in [-0.4, -0.2) is 27.5 Å². The highest BCUT2D eigenvalue weighted by Gasteiger charge is 2.40. The molecule has 96 valence electrons. The molecule has 1 aliphatic heterocycles. The normalized spacial score (nSPS) is 19.8. The molecule has 1 aromatic carbocycles. The molecule has 1 fully saturated rings. The van der Waals surface area contributed by atoms with Crippen molar-refractivity contribution in [3.63, 3.8) is 0 Å². The van der Waals surface area contributed by atoms with Gasteiger partial charge in [-0.3, -0.25) is 14.5 Å². The third-order valence-corrected chi connectivity index (χ3v) is 4.02. The second kappa shape index (κ2) is 5.32. The molecule has 18 heavy (non-hydrogen) atoms. The summed E-state index contributed by atoms with van der Waals surface area (Å²) >= 11 is 4.37. The quantitative estimate of drug-likeness (QED) is 0.924. The van der Waals surface area contributed by atoms with Crippen LogP contribution < -0.4 is 5.32 Å². The zero-order valence-corrected chi connectivity index (χ0v) is 12.4. The van der Waals surface area contributed by atoms with Crippen LogP contribution in [0.3, 0.4) is 0 Å². The number of nitrogens with one attached hydrogen (secondary N) is 1. The standard InChI is InChI=1S/C12H13BrN2O2S/c1-7(2)15-11(16)10(18-12(15)17)14-9-5-3-8(13)4-6-9/h3-7,10,14H,1-2H3/t10-/m0/s1. The van der Waals surface area contributed by atoms with Crippen molar-refractivity contribution >= 4 is 44.5 Å². The molecular formula is C12H13BrN2O2S. The Balaban J connectivity index is 2.10. The van der Waals surface area contributed by atoms with Crippen molar-refractivity contribution in [2.75, 3.05) is 5.32 Å². The number of imide groups is 1. The average molecular weight is 329 g/mol. The summed E-state index contributed by atoms with van der Waals surface area (Å²) in [5.74, 6) is -0.178. The number of carbonyl (C=O) groups is 2. The maximum absolute atomic E-state index is 12.0. The summed E-state index contributed by atoms with van der Waals surface area (Å²) in [7, 11) is 0. The lowest BCUT2D eigenvalue weighted by Crippen LogP contribution is -2.38. The van der Waals surface area contributed by atoms with Gasteiger partial charge in [-0.15, -0.1) is 0 Å². The van der Waals surface area contributed by atoms with Gasteiger partial charge in [0.05, 0.1) is 0 Å². The fraction of sp³-hybridized carbons (Fsp3) is 0.333. The number of benzene rings is 1. The van der Waals surface area contributed by atoms with Gasteiger partial charge in [-0.2, -0.15) is 0 Å². The highest BCUT2D eigenvalue weighted by atomic mass is 79.9. The van der Waals surface area contributed by atoms with Crippen LogP contribution in [0.1, 0.15) is 13.8 Å². The molecule has 0 aromatic heterocycles. The van der Waals surface area contributed by atoms with E-state index in [2.05, 4.69) is 21.2 Å². The van der Waals surface area contributed by atoms with E-state index in [0.29, 0.717) is 0 Å². The first-order valence-corrected chi connectivity index (χ1v) is 7.22. The predicted molar refractivity (Wildman–Crippen MR) is 76.5 cm³/mol. The predicted octanol–water partition coefficient (Wildman–Crippen LogP) is 3.29. The molecule has 1 aromatic rings. The topological polar surface area (TPSA) is 49.4 Å². The maximum Gasteiger partial charge on any atom is 0.291 e. The van der Waals surface area contributed by atoms with E-state index >= 15 is 0 Å². The monoisotopic (exact) mass is 328 g/mol. The SMILES string of the molecule is CC(C)N1C(=O)S[C@H](Nc2ccc(Br)cc2)C1=O. The van der Waals surface area contributed by atoms with E-state index in [9.17, 15) is 9.59 Å². The molecule has 0 radical (unpaired) electrons. The van der Waals surface area contributed by atoms with Crippen molar-refractivity contribution in [2.24, 2.45) is 0 Å². The van der Waals surface area contributed by atoms with Crippen molar-refractivity contribution in [1.29, 1.82) is 0 Å². The lowest BCUT2D eigenvalue weighted by molar-refractivity contribution is -0.127. The Morgan fingerprint density at radius 1 is 1.28 bits per heavy atom.